The topological polar surface area (TPSA) is 29.5 Å². The molecule has 0 heterocycles. The van der Waals surface area contributed by atoms with Gasteiger partial charge in [-0.2, -0.15) is 0 Å². The Morgan fingerprint density at radius 2 is 1.81 bits per heavy atom. The first-order valence-electron chi connectivity index (χ1n) is 5.95. The summed E-state index contributed by atoms with van der Waals surface area (Å²) in [5, 5.41) is 10.6. The number of aliphatic hydroxyl groups is 1. The molecule has 1 aliphatic carbocycles. The lowest BCUT2D eigenvalue weighted by molar-refractivity contribution is 0.0418. The molecule has 1 aromatic rings. The standard InChI is InChI=1S/C14H20O2/c1-10-6-7-12(13(16-3)11(10)2)14(15)8-4-5-9-14/h6-7,15H,4-5,8-9H2,1-3H3. The van der Waals surface area contributed by atoms with Crippen molar-refractivity contribution in [2.24, 2.45) is 0 Å². The van der Waals surface area contributed by atoms with Gasteiger partial charge < -0.3 is 9.84 Å². The minimum absolute atomic E-state index is 0.663. The second-order valence-corrected chi connectivity index (χ2v) is 4.83. The molecule has 0 amide bonds. The molecule has 0 unspecified atom stereocenters. The summed E-state index contributed by atoms with van der Waals surface area (Å²) in [6.07, 6.45) is 3.91. The molecule has 0 saturated heterocycles. The third kappa shape index (κ3) is 1.71. The van der Waals surface area contributed by atoms with E-state index in [4.69, 9.17) is 4.74 Å². The summed E-state index contributed by atoms with van der Waals surface area (Å²) in [6, 6.07) is 4.09. The zero-order valence-electron chi connectivity index (χ0n) is 10.3. The molecule has 1 N–H and O–H groups in total. The summed E-state index contributed by atoms with van der Waals surface area (Å²) >= 11 is 0. The lowest BCUT2D eigenvalue weighted by Gasteiger charge is -2.26. The maximum atomic E-state index is 10.6. The van der Waals surface area contributed by atoms with E-state index in [1.165, 1.54) is 5.56 Å². The quantitative estimate of drug-likeness (QED) is 0.830. The van der Waals surface area contributed by atoms with Crippen molar-refractivity contribution in [3.8, 4) is 5.75 Å². The summed E-state index contributed by atoms with van der Waals surface area (Å²) in [5.74, 6) is 0.865. The Kier molecular flexibility index (Phi) is 2.94. The van der Waals surface area contributed by atoms with Gasteiger partial charge in [-0.25, -0.2) is 0 Å². The minimum atomic E-state index is -0.663. The summed E-state index contributed by atoms with van der Waals surface area (Å²) in [7, 11) is 1.68. The summed E-state index contributed by atoms with van der Waals surface area (Å²) < 4.78 is 5.47. The first kappa shape index (κ1) is 11.5. The molecule has 88 valence electrons. The molecular formula is C14H20O2. The van der Waals surface area contributed by atoms with Crippen molar-refractivity contribution >= 4 is 0 Å². The van der Waals surface area contributed by atoms with Crippen molar-refractivity contribution in [1.29, 1.82) is 0 Å². The average Bonchev–Trinajstić information content (AvgIpc) is 2.70. The van der Waals surface area contributed by atoms with Crippen LogP contribution < -0.4 is 4.74 Å². The predicted molar refractivity (Wildman–Crippen MR) is 64.8 cm³/mol. The van der Waals surface area contributed by atoms with E-state index in [-0.39, 0.29) is 0 Å². The average molecular weight is 220 g/mol. The van der Waals surface area contributed by atoms with Gasteiger partial charge in [0.25, 0.3) is 0 Å². The fourth-order valence-corrected chi connectivity index (χ4v) is 2.65. The Hall–Kier alpha value is -1.02. The van der Waals surface area contributed by atoms with E-state index in [2.05, 4.69) is 19.9 Å². The van der Waals surface area contributed by atoms with Gasteiger partial charge in [-0.05, 0) is 37.8 Å². The van der Waals surface area contributed by atoms with Gasteiger partial charge in [0, 0.05) is 5.56 Å². The largest absolute Gasteiger partial charge is 0.496 e. The Balaban J connectivity index is 2.52. The van der Waals surface area contributed by atoms with Crippen LogP contribution in [0.2, 0.25) is 0 Å². The summed E-state index contributed by atoms with van der Waals surface area (Å²) in [4.78, 5) is 0. The molecule has 1 aromatic carbocycles. The number of aryl methyl sites for hydroxylation is 1. The first-order chi connectivity index (χ1) is 7.58. The van der Waals surface area contributed by atoms with Crippen molar-refractivity contribution < 1.29 is 9.84 Å². The molecule has 16 heavy (non-hydrogen) atoms. The van der Waals surface area contributed by atoms with Crippen LogP contribution >= 0.6 is 0 Å². The highest BCUT2D eigenvalue weighted by Crippen LogP contribution is 2.43. The molecule has 0 bridgehead atoms. The van der Waals surface area contributed by atoms with Gasteiger partial charge in [0.05, 0.1) is 12.7 Å². The maximum Gasteiger partial charge on any atom is 0.128 e. The number of methoxy groups -OCH3 is 1. The van der Waals surface area contributed by atoms with E-state index in [1.807, 2.05) is 6.07 Å². The van der Waals surface area contributed by atoms with E-state index in [9.17, 15) is 5.11 Å². The van der Waals surface area contributed by atoms with Gasteiger partial charge in [-0.3, -0.25) is 0 Å². The smallest absolute Gasteiger partial charge is 0.128 e. The van der Waals surface area contributed by atoms with E-state index in [0.29, 0.717) is 0 Å². The number of ether oxygens (including phenoxy) is 1. The SMILES string of the molecule is COc1c(C2(O)CCCC2)ccc(C)c1C. The Labute approximate surface area is 97.3 Å². The molecule has 0 spiro atoms. The van der Waals surface area contributed by atoms with E-state index in [0.717, 1.165) is 42.6 Å². The number of benzene rings is 1. The molecule has 1 saturated carbocycles. The normalized spacial score (nSPS) is 18.8. The zero-order valence-corrected chi connectivity index (χ0v) is 10.3. The van der Waals surface area contributed by atoms with Crippen molar-refractivity contribution in [2.45, 2.75) is 45.1 Å². The van der Waals surface area contributed by atoms with Gasteiger partial charge in [-0.15, -0.1) is 0 Å². The molecule has 0 aromatic heterocycles. The van der Waals surface area contributed by atoms with Gasteiger partial charge in [-0.1, -0.05) is 25.0 Å². The molecule has 0 radical (unpaired) electrons. The van der Waals surface area contributed by atoms with E-state index >= 15 is 0 Å². The fraction of sp³-hybridized carbons (Fsp3) is 0.571. The van der Waals surface area contributed by atoms with Crippen LogP contribution in [0.25, 0.3) is 0 Å². The predicted octanol–water partition coefficient (Wildman–Crippen LogP) is 3.07. The number of hydrogen-bond donors (Lipinski definition) is 1. The lowest BCUT2D eigenvalue weighted by Crippen LogP contribution is -2.22. The van der Waals surface area contributed by atoms with Crippen LogP contribution in [-0.2, 0) is 5.60 Å². The van der Waals surface area contributed by atoms with Crippen molar-refractivity contribution in [2.75, 3.05) is 7.11 Å². The Morgan fingerprint density at radius 3 is 2.38 bits per heavy atom. The second-order valence-electron chi connectivity index (χ2n) is 4.83. The van der Waals surface area contributed by atoms with Gasteiger partial charge >= 0.3 is 0 Å². The van der Waals surface area contributed by atoms with E-state index < -0.39 is 5.60 Å². The number of hydrogen-bond acceptors (Lipinski definition) is 2. The summed E-state index contributed by atoms with van der Waals surface area (Å²) in [5.41, 5.74) is 2.65. The van der Waals surface area contributed by atoms with Crippen LogP contribution in [0.5, 0.6) is 5.75 Å². The molecule has 2 rings (SSSR count). The van der Waals surface area contributed by atoms with Crippen LogP contribution in [0.15, 0.2) is 12.1 Å². The van der Waals surface area contributed by atoms with Gasteiger partial charge in [0.1, 0.15) is 5.75 Å². The molecule has 2 heteroatoms. The highest BCUT2D eigenvalue weighted by Gasteiger charge is 2.35. The highest BCUT2D eigenvalue weighted by atomic mass is 16.5. The van der Waals surface area contributed by atoms with Crippen molar-refractivity contribution in [3.63, 3.8) is 0 Å². The molecule has 2 nitrogen and oxygen atoms in total. The van der Waals surface area contributed by atoms with Gasteiger partial charge in [0.2, 0.25) is 0 Å². The molecule has 1 aliphatic rings. The Morgan fingerprint density at radius 1 is 1.19 bits per heavy atom. The molecule has 0 aliphatic heterocycles. The van der Waals surface area contributed by atoms with Gasteiger partial charge in [0.15, 0.2) is 0 Å². The lowest BCUT2D eigenvalue weighted by atomic mass is 9.89. The molecule has 1 fully saturated rings. The maximum absolute atomic E-state index is 10.6. The molecular weight excluding hydrogens is 200 g/mol. The second kappa shape index (κ2) is 4.10. The number of rotatable bonds is 2. The molecule has 0 atom stereocenters. The van der Waals surface area contributed by atoms with Crippen molar-refractivity contribution in [1.82, 2.24) is 0 Å². The van der Waals surface area contributed by atoms with Crippen LogP contribution in [0.4, 0.5) is 0 Å². The summed E-state index contributed by atoms with van der Waals surface area (Å²) in [6.45, 7) is 4.12. The first-order valence-corrected chi connectivity index (χ1v) is 5.95. The zero-order chi connectivity index (χ0) is 11.8. The van der Waals surface area contributed by atoms with Crippen LogP contribution in [0.1, 0.15) is 42.4 Å². The van der Waals surface area contributed by atoms with Crippen molar-refractivity contribution in [3.05, 3.63) is 28.8 Å². The highest BCUT2D eigenvalue weighted by molar-refractivity contribution is 5.48. The van der Waals surface area contributed by atoms with Crippen LogP contribution in [-0.4, -0.2) is 12.2 Å². The third-order valence-corrected chi connectivity index (χ3v) is 3.81. The van der Waals surface area contributed by atoms with Crippen LogP contribution in [0.3, 0.4) is 0 Å². The monoisotopic (exact) mass is 220 g/mol. The third-order valence-electron chi connectivity index (χ3n) is 3.81. The van der Waals surface area contributed by atoms with E-state index in [1.54, 1.807) is 7.11 Å². The Bertz CT molecular complexity index is 390. The minimum Gasteiger partial charge on any atom is -0.496 e. The fourth-order valence-electron chi connectivity index (χ4n) is 2.65. The van der Waals surface area contributed by atoms with Crippen LogP contribution in [0, 0.1) is 13.8 Å².